The van der Waals surface area contributed by atoms with E-state index in [1.807, 2.05) is 21.1 Å². The molecule has 0 bridgehead atoms. The molecule has 65 heavy (non-hydrogen) atoms. The number of hydrogen-bond donors (Lipinski definition) is 0. The van der Waals surface area contributed by atoms with E-state index in [2.05, 4.69) is 50.3 Å². The number of hydrogen-bond acceptors (Lipinski definition) is 8. The molecular formula is C56H103NO8. The SMILES string of the molecule is CCCCC/C=C\C/C=C\CCCCCCCCCC(=O)OC(COC(=O)CCCCCCCCCCCCC/C=C\CCCCCCCCCC)COC(OCC[N+](C)(C)C)C(=O)[O-]. The van der Waals surface area contributed by atoms with Crippen LogP contribution in [0.5, 0.6) is 0 Å². The Bertz CT molecular complexity index is 1160. The van der Waals surface area contributed by atoms with Crippen molar-refractivity contribution in [3.05, 3.63) is 36.5 Å². The van der Waals surface area contributed by atoms with Gasteiger partial charge in [-0.2, -0.15) is 0 Å². The first-order chi connectivity index (χ1) is 31.6. The molecule has 0 aromatic heterocycles. The summed E-state index contributed by atoms with van der Waals surface area (Å²) in [5, 5.41) is 11.7. The average Bonchev–Trinajstić information content (AvgIpc) is 3.27. The van der Waals surface area contributed by atoms with Crippen LogP contribution in [0.4, 0.5) is 0 Å². The van der Waals surface area contributed by atoms with Crippen LogP contribution < -0.4 is 5.11 Å². The first-order valence-electron chi connectivity index (χ1n) is 27.1. The van der Waals surface area contributed by atoms with Gasteiger partial charge < -0.3 is 33.3 Å². The number of nitrogens with zero attached hydrogens (tertiary/aromatic N) is 1. The number of unbranched alkanes of at least 4 members (excludes halogenated alkanes) is 29. The zero-order chi connectivity index (χ0) is 47.7. The highest BCUT2D eigenvalue weighted by Crippen LogP contribution is 2.15. The zero-order valence-electron chi connectivity index (χ0n) is 43.1. The second-order valence-electron chi connectivity index (χ2n) is 19.5. The third-order valence-electron chi connectivity index (χ3n) is 11.9. The normalized spacial score (nSPS) is 13.1. The molecule has 0 aliphatic heterocycles. The summed E-state index contributed by atoms with van der Waals surface area (Å²) in [6.45, 7) is 4.73. The van der Waals surface area contributed by atoms with Crippen LogP contribution in [-0.4, -0.2) is 82.3 Å². The minimum atomic E-state index is -1.62. The van der Waals surface area contributed by atoms with E-state index in [9.17, 15) is 19.5 Å². The molecule has 0 saturated carbocycles. The van der Waals surface area contributed by atoms with E-state index in [-0.39, 0.29) is 32.2 Å². The van der Waals surface area contributed by atoms with E-state index in [1.165, 1.54) is 161 Å². The van der Waals surface area contributed by atoms with Gasteiger partial charge in [-0.25, -0.2) is 0 Å². The number of carboxylic acids is 1. The molecule has 0 saturated heterocycles. The predicted molar refractivity (Wildman–Crippen MR) is 269 cm³/mol. The lowest BCUT2D eigenvalue weighted by molar-refractivity contribution is -0.870. The first-order valence-corrected chi connectivity index (χ1v) is 27.1. The number of rotatable bonds is 50. The molecule has 0 amide bonds. The molecule has 9 nitrogen and oxygen atoms in total. The van der Waals surface area contributed by atoms with Gasteiger partial charge in [0.15, 0.2) is 12.4 Å². The predicted octanol–water partition coefficient (Wildman–Crippen LogP) is 14.0. The number of quaternary nitrogens is 1. The maximum absolute atomic E-state index is 12.8. The quantitative estimate of drug-likeness (QED) is 0.0195. The van der Waals surface area contributed by atoms with Crippen LogP contribution in [0.15, 0.2) is 36.5 Å². The van der Waals surface area contributed by atoms with E-state index in [0.717, 1.165) is 51.4 Å². The molecule has 2 unspecified atom stereocenters. The van der Waals surface area contributed by atoms with Gasteiger partial charge in [-0.15, -0.1) is 0 Å². The number of likely N-dealkylation sites (N-methyl/N-ethyl adjacent to an activating group) is 1. The Kier molecular flexibility index (Phi) is 46.1. The van der Waals surface area contributed by atoms with Gasteiger partial charge in [0.25, 0.3) is 0 Å². The number of esters is 2. The Morgan fingerprint density at radius 2 is 0.831 bits per heavy atom. The zero-order valence-corrected chi connectivity index (χ0v) is 43.1. The Labute approximate surface area is 400 Å². The second kappa shape index (κ2) is 48.0. The minimum Gasteiger partial charge on any atom is -0.545 e. The summed E-state index contributed by atoms with van der Waals surface area (Å²) < 4.78 is 22.7. The van der Waals surface area contributed by atoms with Crippen LogP contribution >= 0.6 is 0 Å². The van der Waals surface area contributed by atoms with E-state index in [1.54, 1.807) is 0 Å². The molecule has 0 aliphatic carbocycles. The lowest BCUT2D eigenvalue weighted by Crippen LogP contribution is -2.44. The fraction of sp³-hybridized carbons (Fsp3) is 0.839. The standard InChI is InChI=1S/C56H103NO8/c1-6-8-10-12-14-16-18-20-22-24-25-26-27-28-29-31-32-34-36-38-40-42-44-46-53(58)63-50-52(51-64-56(55(60)61)62-49-48-57(3,4)5)65-54(59)47-45-43-41-39-37-35-33-30-23-21-19-17-15-13-11-9-7-2/h15,17,21,23-25,52,56H,6-14,16,18-20,22,26-51H2,1-5H3/b17-15-,23-21-,25-24-. The molecule has 9 heteroatoms. The van der Waals surface area contributed by atoms with Crippen molar-refractivity contribution in [3.8, 4) is 0 Å². The topological polar surface area (TPSA) is 111 Å². The van der Waals surface area contributed by atoms with Crippen molar-refractivity contribution in [2.45, 2.75) is 257 Å². The number of ether oxygens (including phenoxy) is 4. The summed E-state index contributed by atoms with van der Waals surface area (Å²) in [5.74, 6) is -2.29. The van der Waals surface area contributed by atoms with Gasteiger partial charge in [0.1, 0.15) is 13.2 Å². The average molecular weight is 918 g/mol. The highest BCUT2D eigenvalue weighted by atomic mass is 16.7. The highest BCUT2D eigenvalue weighted by Gasteiger charge is 2.22. The largest absolute Gasteiger partial charge is 0.545 e. The summed E-state index contributed by atoms with van der Waals surface area (Å²) >= 11 is 0. The fourth-order valence-corrected chi connectivity index (χ4v) is 7.62. The Hall–Kier alpha value is -2.49. The van der Waals surface area contributed by atoms with Gasteiger partial charge in [-0.1, -0.05) is 198 Å². The van der Waals surface area contributed by atoms with Gasteiger partial charge in [0, 0.05) is 12.8 Å². The third-order valence-corrected chi connectivity index (χ3v) is 11.9. The molecule has 0 aromatic carbocycles. The number of aliphatic carboxylic acids is 1. The van der Waals surface area contributed by atoms with E-state index >= 15 is 0 Å². The van der Waals surface area contributed by atoms with Crippen molar-refractivity contribution >= 4 is 17.9 Å². The van der Waals surface area contributed by atoms with Crippen molar-refractivity contribution < 1.29 is 42.9 Å². The maximum atomic E-state index is 12.8. The Morgan fingerprint density at radius 3 is 1.26 bits per heavy atom. The van der Waals surface area contributed by atoms with Crippen LogP contribution in [0.2, 0.25) is 0 Å². The second-order valence-corrected chi connectivity index (χ2v) is 19.5. The Morgan fingerprint density at radius 1 is 0.462 bits per heavy atom. The van der Waals surface area contributed by atoms with Crippen LogP contribution in [-0.2, 0) is 33.3 Å². The first kappa shape index (κ1) is 62.5. The molecular weight excluding hydrogens is 815 g/mol. The Balaban J connectivity index is 4.27. The molecule has 0 aromatic rings. The molecule has 0 radical (unpaired) electrons. The number of allylic oxidation sites excluding steroid dienone is 6. The van der Waals surface area contributed by atoms with Crippen molar-refractivity contribution in [1.29, 1.82) is 0 Å². The van der Waals surface area contributed by atoms with Crippen LogP contribution in [0.25, 0.3) is 0 Å². The molecule has 0 aliphatic rings. The summed E-state index contributed by atoms with van der Waals surface area (Å²) in [5.41, 5.74) is 0. The molecule has 0 heterocycles. The van der Waals surface area contributed by atoms with Gasteiger partial charge in [-0.3, -0.25) is 9.59 Å². The van der Waals surface area contributed by atoms with Crippen molar-refractivity contribution in [1.82, 2.24) is 0 Å². The van der Waals surface area contributed by atoms with Gasteiger partial charge in [0.2, 0.25) is 0 Å². The smallest absolute Gasteiger partial charge is 0.306 e. The van der Waals surface area contributed by atoms with Crippen molar-refractivity contribution in [3.63, 3.8) is 0 Å². The summed E-state index contributed by atoms with van der Waals surface area (Å²) in [7, 11) is 5.92. The lowest BCUT2D eigenvalue weighted by atomic mass is 10.0. The number of carbonyl (C=O) groups excluding carboxylic acids is 3. The van der Waals surface area contributed by atoms with Gasteiger partial charge in [0.05, 0.1) is 40.3 Å². The minimum absolute atomic E-state index is 0.146. The summed E-state index contributed by atoms with van der Waals surface area (Å²) in [6, 6.07) is 0. The van der Waals surface area contributed by atoms with E-state index in [4.69, 9.17) is 18.9 Å². The van der Waals surface area contributed by atoms with Gasteiger partial charge >= 0.3 is 11.9 Å². The lowest BCUT2D eigenvalue weighted by Gasteiger charge is -2.26. The van der Waals surface area contributed by atoms with E-state index in [0.29, 0.717) is 23.9 Å². The van der Waals surface area contributed by atoms with Crippen LogP contribution in [0.1, 0.15) is 245 Å². The molecule has 0 fully saturated rings. The monoisotopic (exact) mass is 918 g/mol. The molecule has 2 atom stereocenters. The maximum Gasteiger partial charge on any atom is 0.306 e. The number of carbonyl (C=O) groups is 3. The summed E-state index contributed by atoms with van der Waals surface area (Å²) in [4.78, 5) is 37.2. The van der Waals surface area contributed by atoms with Crippen molar-refractivity contribution in [2.24, 2.45) is 0 Å². The highest BCUT2D eigenvalue weighted by molar-refractivity contribution is 5.70. The molecule has 0 N–H and O–H groups in total. The summed E-state index contributed by atoms with van der Waals surface area (Å²) in [6.07, 6.45) is 53.2. The van der Waals surface area contributed by atoms with Crippen molar-refractivity contribution in [2.75, 3.05) is 47.5 Å². The molecule has 0 rings (SSSR count). The van der Waals surface area contributed by atoms with Crippen LogP contribution in [0.3, 0.4) is 0 Å². The third kappa shape index (κ3) is 49.2. The van der Waals surface area contributed by atoms with E-state index < -0.39 is 24.3 Å². The number of carboxylic acid groups (broad SMARTS) is 1. The molecule has 0 spiro atoms. The molecule has 380 valence electrons. The van der Waals surface area contributed by atoms with Gasteiger partial charge in [-0.05, 0) is 70.6 Å². The fourth-order valence-electron chi connectivity index (χ4n) is 7.62. The van der Waals surface area contributed by atoms with Crippen LogP contribution in [0, 0.1) is 0 Å².